The minimum Gasteiger partial charge on any atom is -0.397 e. The molecule has 1 aromatic carbocycles. The van der Waals surface area contributed by atoms with E-state index < -0.39 is 0 Å². The van der Waals surface area contributed by atoms with Crippen molar-refractivity contribution in [1.82, 2.24) is 0 Å². The highest BCUT2D eigenvalue weighted by Gasteiger charge is 2.08. The minimum absolute atomic E-state index is 0.580. The Morgan fingerprint density at radius 3 is 2.69 bits per heavy atom. The smallest absolute Gasteiger partial charge is 0.0968 e. The molecule has 0 radical (unpaired) electrons. The first-order chi connectivity index (χ1) is 7.60. The number of hydrogen-bond acceptors (Lipinski definition) is 2. The average Bonchev–Trinajstić information content (AvgIpc) is 2.25. The standard InChI is InChI=1S/C13H15BrN2/c1-3-4-10(8-15)13(16)11-6-5-9(2)7-12(11)14/h5-7H,3-4,16H2,1-2H3/b13-10-. The van der Waals surface area contributed by atoms with E-state index in [9.17, 15) is 0 Å². The van der Waals surface area contributed by atoms with Gasteiger partial charge in [-0.1, -0.05) is 41.4 Å². The van der Waals surface area contributed by atoms with Crippen LogP contribution in [0.15, 0.2) is 28.2 Å². The van der Waals surface area contributed by atoms with Gasteiger partial charge in [0, 0.05) is 10.0 Å². The SMILES string of the molecule is CCC/C(C#N)=C(/N)c1ccc(C)cc1Br. The van der Waals surface area contributed by atoms with Crippen LogP contribution >= 0.6 is 15.9 Å². The van der Waals surface area contributed by atoms with E-state index in [2.05, 4.69) is 22.0 Å². The Morgan fingerprint density at radius 1 is 1.50 bits per heavy atom. The van der Waals surface area contributed by atoms with Gasteiger partial charge in [0.2, 0.25) is 0 Å². The van der Waals surface area contributed by atoms with E-state index in [0.717, 1.165) is 28.4 Å². The molecule has 1 rings (SSSR count). The van der Waals surface area contributed by atoms with E-state index in [4.69, 9.17) is 11.0 Å². The number of rotatable bonds is 3. The van der Waals surface area contributed by atoms with Crippen LogP contribution in [0.5, 0.6) is 0 Å². The Kier molecular flexibility index (Phi) is 4.57. The molecule has 16 heavy (non-hydrogen) atoms. The Morgan fingerprint density at radius 2 is 2.19 bits per heavy atom. The summed E-state index contributed by atoms with van der Waals surface area (Å²) >= 11 is 3.47. The van der Waals surface area contributed by atoms with E-state index in [1.54, 1.807) is 0 Å². The molecule has 0 aliphatic heterocycles. The summed E-state index contributed by atoms with van der Waals surface area (Å²) in [6.45, 7) is 4.06. The van der Waals surface area contributed by atoms with Crippen LogP contribution in [0.25, 0.3) is 5.70 Å². The van der Waals surface area contributed by atoms with Crippen LogP contribution in [0, 0.1) is 18.3 Å². The van der Waals surface area contributed by atoms with Gasteiger partial charge in [-0.05, 0) is 25.0 Å². The second kappa shape index (κ2) is 5.72. The van der Waals surface area contributed by atoms with Gasteiger partial charge in [-0.15, -0.1) is 0 Å². The third-order valence-corrected chi connectivity index (χ3v) is 3.03. The molecule has 2 N–H and O–H groups in total. The van der Waals surface area contributed by atoms with Crippen LogP contribution in [0.2, 0.25) is 0 Å². The normalized spacial score (nSPS) is 11.9. The van der Waals surface area contributed by atoms with Gasteiger partial charge in [-0.25, -0.2) is 0 Å². The molecule has 0 bridgehead atoms. The number of halogens is 1. The van der Waals surface area contributed by atoms with Gasteiger partial charge >= 0.3 is 0 Å². The van der Waals surface area contributed by atoms with Gasteiger partial charge in [0.1, 0.15) is 0 Å². The summed E-state index contributed by atoms with van der Waals surface area (Å²) in [7, 11) is 0. The highest BCUT2D eigenvalue weighted by molar-refractivity contribution is 9.10. The highest BCUT2D eigenvalue weighted by atomic mass is 79.9. The second-order valence-corrected chi connectivity index (χ2v) is 4.59. The molecule has 0 fully saturated rings. The van der Waals surface area contributed by atoms with Gasteiger partial charge in [0.05, 0.1) is 17.3 Å². The molecule has 0 aliphatic rings. The van der Waals surface area contributed by atoms with Crippen molar-refractivity contribution >= 4 is 21.6 Å². The summed E-state index contributed by atoms with van der Waals surface area (Å²) in [4.78, 5) is 0. The first kappa shape index (κ1) is 12.8. The molecule has 0 unspecified atom stereocenters. The zero-order valence-electron chi connectivity index (χ0n) is 9.55. The van der Waals surface area contributed by atoms with Crippen LogP contribution in [0.1, 0.15) is 30.9 Å². The molecule has 2 nitrogen and oxygen atoms in total. The van der Waals surface area contributed by atoms with Crippen molar-refractivity contribution in [2.45, 2.75) is 26.7 Å². The van der Waals surface area contributed by atoms with Gasteiger partial charge in [-0.3, -0.25) is 0 Å². The van der Waals surface area contributed by atoms with Crippen molar-refractivity contribution in [3.63, 3.8) is 0 Å². The third kappa shape index (κ3) is 2.86. The van der Waals surface area contributed by atoms with Crippen LogP contribution < -0.4 is 5.73 Å². The fourth-order valence-electron chi connectivity index (χ4n) is 1.50. The monoisotopic (exact) mass is 278 g/mol. The lowest BCUT2D eigenvalue weighted by Gasteiger charge is -2.08. The van der Waals surface area contributed by atoms with Crippen molar-refractivity contribution in [3.05, 3.63) is 39.4 Å². The number of aryl methyl sites for hydroxylation is 1. The first-order valence-electron chi connectivity index (χ1n) is 5.25. The maximum Gasteiger partial charge on any atom is 0.0968 e. The molecule has 0 aromatic heterocycles. The molecule has 0 atom stereocenters. The van der Waals surface area contributed by atoms with E-state index in [-0.39, 0.29) is 0 Å². The lowest BCUT2D eigenvalue weighted by molar-refractivity contribution is 0.928. The molecular weight excluding hydrogens is 264 g/mol. The predicted octanol–water partition coefficient (Wildman–Crippen LogP) is 3.75. The molecule has 0 aliphatic carbocycles. The maximum atomic E-state index is 9.03. The first-order valence-corrected chi connectivity index (χ1v) is 6.04. The molecule has 0 heterocycles. The van der Waals surface area contributed by atoms with Crippen LogP contribution in [0.3, 0.4) is 0 Å². The summed E-state index contributed by atoms with van der Waals surface area (Å²) in [6, 6.07) is 8.12. The molecule has 84 valence electrons. The van der Waals surface area contributed by atoms with Crippen molar-refractivity contribution in [2.75, 3.05) is 0 Å². The number of benzene rings is 1. The predicted molar refractivity (Wildman–Crippen MR) is 70.5 cm³/mol. The average molecular weight is 279 g/mol. The zero-order chi connectivity index (χ0) is 12.1. The number of allylic oxidation sites excluding steroid dienone is 1. The minimum atomic E-state index is 0.580. The lowest BCUT2D eigenvalue weighted by atomic mass is 10.0. The Bertz CT molecular complexity index is 455. The lowest BCUT2D eigenvalue weighted by Crippen LogP contribution is -2.02. The molecule has 0 amide bonds. The molecule has 0 saturated heterocycles. The summed E-state index contributed by atoms with van der Waals surface area (Å²) in [6.07, 6.45) is 1.65. The maximum absolute atomic E-state index is 9.03. The van der Waals surface area contributed by atoms with E-state index >= 15 is 0 Å². The van der Waals surface area contributed by atoms with Gasteiger partial charge in [0.25, 0.3) is 0 Å². The third-order valence-electron chi connectivity index (χ3n) is 2.37. The van der Waals surface area contributed by atoms with Crippen molar-refractivity contribution in [1.29, 1.82) is 5.26 Å². The molecule has 1 aromatic rings. The van der Waals surface area contributed by atoms with Gasteiger partial charge < -0.3 is 5.73 Å². The largest absolute Gasteiger partial charge is 0.397 e. The Hall–Kier alpha value is -1.27. The fraction of sp³-hybridized carbons (Fsp3) is 0.308. The molecule has 0 spiro atoms. The van der Waals surface area contributed by atoms with E-state index in [1.165, 1.54) is 0 Å². The highest BCUT2D eigenvalue weighted by Crippen LogP contribution is 2.25. The van der Waals surface area contributed by atoms with Gasteiger partial charge in [-0.2, -0.15) is 5.26 Å². The summed E-state index contributed by atoms with van der Waals surface area (Å²) in [5.74, 6) is 0. The van der Waals surface area contributed by atoms with Crippen molar-refractivity contribution in [2.24, 2.45) is 5.73 Å². The van der Waals surface area contributed by atoms with E-state index in [0.29, 0.717) is 11.3 Å². The zero-order valence-corrected chi connectivity index (χ0v) is 11.1. The fourth-order valence-corrected chi connectivity index (χ4v) is 2.21. The van der Waals surface area contributed by atoms with Crippen LogP contribution in [0.4, 0.5) is 0 Å². The number of nitriles is 1. The quantitative estimate of drug-likeness (QED) is 0.856. The van der Waals surface area contributed by atoms with Crippen LogP contribution in [-0.2, 0) is 0 Å². The Labute approximate surface area is 105 Å². The second-order valence-electron chi connectivity index (χ2n) is 3.74. The molecule has 3 heteroatoms. The molecule has 0 saturated carbocycles. The topological polar surface area (TPSA) is 49.8 Å². The summed E-state index contributed by atoms with van der Waals surface area (Å²) in [5, 5.41) is 9.03. The number of hydrogen-bond donors (Lipinski definition) is 1. The van der Waals surface area contributed by atoms with Crippen molar-refractivity contribution < 1.29 is 0 Å². The summed E-state index contributed by atoms with van der Waals surface area (Å²) < 4.78 is 0.939. The number of nitrogens with zero attached hydrogens (tertiary/aromatic N) is 1. The Balaban J connectivity index is 3.22. The van der Waals surface area contributed by atoms with Crippen molar-refractivity contribution in [3.8, 4) is 6.07 Å². The number of nitrogens with two attached hydrogens (primary N) is 1. The molecular formula is C13H15BrN2. The van der Waals surface area contributed by atoms with Crippen LogP contribution in [-0.4, -0.2) is 0 Å². The van der Waals surface area contributed by atoms with Gasteiger partial charge in [0.15, 0.2) is 0 Å². The summed E-state index contributed by atoms with van der Waals surface area (Å²) in [5.41, 5.74) is 9.32. The van der Waals surface area contributed by atoms with E-state index in [1.807, 2.05) is 32.0 Å².